The van der Waals surface area contributed by atoms with E-state index in [2.05, 4.69) is 0 Å². The van der Waals surface area contributed by atoms with Crippen LogP contribution in [0.3, 0.4) is 0 Å². The van der Waals surface area contributed by atoms with Gasteiger partial charge in [-0.05, 0) is 31.7 Å². The SMILES string of the molecule is Cc1cccc(C(=O)CN(C)Cc2ccccc2Cl)c1. The van der Waals surface area contributed by atoms with Crippen molar-refractivity contribution in [2.75, 3.05) is 13.6 Å². The van der Waals surface area contributed by atoms with Crippen LogP contribution in [0.25, 0.3) is 0 Å². The smallest absolute Gasteiger partial charge is 0.176 e. The van der Waals surface area contributed by atoms with Crippen molar-refractivity contribution in [3.8, 4) is 0 Å². The van der Waals surface area contributed by atoms with E-state index in [-0.39, 0.29) is 5.78 Å². The van der Waals surface area contributed by atoms with Gasteiger partial charge in [0.15, 0.2) is 5.78 Å². The van der Waals surface area contributed by atoms with E-state index in [1.807, 2.05) is 67.4 Å². The first-order valence-corrected chi connectivity index (χ1v) is 6.96. The molecule has 20 heavy (non-hydrogen) atoms. The molecule has 0 aromatic heterocycles. The number of hydrogen-bond donors (Lipinski definition) is 0. The first kappa shape index (κ1) is 14.8. The number of Topliss-reactive ketones (excluding diaryl/α,β-unsaturated/α-hetero) is 1. The quantitative estimate of drug-likeness (QED) is 0.776. The summed E-state index contributed by atoms with van der Waals surface area (Å²) in [7, 11) is 1.93. The van der Waals surface area contributed by atoms with Crippen molar-refractivity contribution in [1.82, 2.24) is 4.90 Å². The first-order valence-electron chi connectivity index (χ1n) is 6.58. The van der Waals surface area contributed by atoms with E-state index >= 15 is 0 Å². The van der Waals surface area contributed by atoms with Gasteiger partial charge in [-0.2, -0.15) is 0 Å². The van der Waals surface area contributed by atoms with Gasteiger partial charge in [-0.1, -0.05) is 53.6 Å². The van der Waals surface area contributed by atoms with Crippen molar-refractivity contribution in [2.24, 2.45) is 0 Å². The number of benzene rings is 2. The van der Waals surface area contributed by atoms with Crippen LogP contribution >= 0.6 is 11.6 Å². The number of aryl methyl sites for hydroxylation is 1. The molecule has 0 bridgehead atoms. The number of halogens is 1. The molecule has 0 radical (unpaired) electrons. The molecule has 0 aliphatic heterocycles. The predicted molar refractivity (Wildman–Crippen MR) is 83.3 cm³/mol. The lowest BCUT2D eigenvalue weighted by Gasteiger charge is -2.16. The summed E-state index contributed by atoms with van der Waals surface area (Å²) in [6.07, 6.45) is 0. The number of ketones is 1. The lowest BCUT2D eigenvalue weighted by atomic mass is 10.1. The molecule has 104 valence electrons. The van der Waals surface area contributed by atoms with Crippen LogP contribution in [0, 0.1) is 6.92 Å². The molecule has 0 unspecified atom stereocenters. The minimum atomic E-state index is 0.128. The van der Waals surface area contributed by atoms with Crippen molar-refractivity contribution in [1.29, 1.82) is 0 Å². The third kappa shape index (κ3) is 3.92. The molecule has 0 saturated heterocycles. The number of hydrogen-bond acceptors (Lipinski definition) is 2. The molecule has 0 atom stereocenters. The van der Waals surface area contributed by atoms with Crippen molar-refractivity contribution >= 4 is 17.4 Å². The highest BCUT2D eigenvalue weighted by atomic mass is 35.5. The van der Waals surface area contributed by atoms with Crippen LogP contribution < -0.4 is 0 Å². The maximum Gasteiger partial charge on any atom is 0.176 e. The number of carbonyl (C=O) groups excluding carboxylic acids is 1. The van der Waals surface area contributed by atoms with Crippen LogP contribution in [-0.4, -0.2) is 24.3 Å². The maximum atomic E-state index is 12.2. The summed E-state index contributed by atoms with van der Waals surface area (Å²) < 4.78 is 0. The molecule has 3 heteroatoms. The van der Waals surface area contributed by atoms with Crippen LogP contribution in [0.1, 0.15) is 21.5 Å². The molecular formula is C17H18ClNO. The Labute approximate surface area is 125 Å². The second-order valence-electron chi connectivity index (χ2n) is 5.06. The fraction of sp³-hybridized carbons (Fsp3) is 0.235. The summed E-state index contributed by atoms with van der Waals surface area (Å²) in [6.45, 7) is 3.04. The van der Waals surface area contributed by atoms with Crippen LogP contribution in [0.2, 0.25) is 5.02 Å². The van der Waals surface area contributed by atoms with Crippen molar-refractivity contribution < 1.29 is 4.79 Å². The molecule has 0 spiro atoms. The van der Waals surface area contributed by atoms with Gasteiger partial charge >= 0.3 is 0 Å². The number of carbonyl (C=O) groups is 1. The van der Waals surface area contributed by atoms with Gasteiger partial charge < -0.3 is 0 Å². The molecule has 2 nitrogen and oxygen atoms in total. The largest absolute Gasteiger partial charge is 0.295 e. The molecule has 0 N–H and O–H groups in total. The van der Waals surface area contributed by atoms with E-state index in [1.165, 1.54) is 0 Å². The molecule has 0 aliphatic rings. The third-order valence-corrected chi connectivity index (χ3v) is 3.52. The summed E-state index contributed by atoms with van der Waals surface area (Å²) in [5.74, 6) is 0.128. The zero-order valence-corrected chi connectivity index (χ0v) is 12.5. The Kier molecular flexibility index (Phi) is 4.94. The number of likely N-dealkylation sites (N-methyl/N-ethyl adjacent to an activating group) is 1. The lowest BCUT2D eigenvalue weighted by molar-refractivity contribution is 0.0943. The minimum Gasteiger partial charge on any atom is -0.295 e. The van der Waals surface area contributed by atoms with E-state index in [1.54, 1.807) is 0 Å². The summed E-state index contributed by atoms with van der Waals surface area (Å²) in [4.78, 5) is 14.2. The Hall–Kier alpha value is -1.64. The average molecular weight is 288 g/mol. The second-order valence-corrected chi connectivity index (χ2v) is 5.46. The summed E-state index contributed by atoms with van der Waals surface area (Å²) in [5.41, 5.74) is 2.90. The van der Waals surface area contributed by atoms with Gasteiger partial charge in [-0.25, -0.2) is 0 Å². The molecular weight excluding hydrogens is 270 g/mol. The monoisotopic (exact) mass is 287 g/mol. The van der Waals surface area contributed by atoms with Gasteiger partial charge in [0.1, 0.15) is 0 Å². The Bertz CT molecular complexity index is 609. The first-order chi connectivity index (χ1) is 9.56. The zero-order valence-electron chi connectivity index (χ0n) is 11.8. The standard InChI is InChI=1S/C17H18ClNO/c1-13-6-5-8-14(10-13)17(20)12-19(2)11-15-7-3-4-9-16(15)18/h3-10H,11-12H2,1-2H3. The highest BCUT2D eigenvalue weighted by Gasteiger charge is 2.11. The predicted octanol–water partition coefficient (Wildman–Crippen LogP) is 3.96. The summed E-state index contributed by atoms with van der Waals surface area (Å²) in [6, 6.07) is 15.4. The molecule has 2 aromatic carbocycles. The van der Waals surface area contributed by atoms with Crippen molar-refractivity contribution in [3.05, 3.63) is 70.2 Å². The van der Waals surface area contributed by atoms with Crippen LogP contribution in [0.4, 0.5) is 0 Å². The molecule has 0 saturated carbocycles. The van der Waals surface area contributed by atoms with Gasteiger partial charge in [-0.3, -0.25) is 9.69 Å². The molecule has 2 aromatic rings. The van der Waals surface area contributed by atoms with Crippen LogP contribution in [0.5, 0.6) is 0 Å². The average Bonchev–Trinajstić information content (AvgIpc) is 2.41. The Morgan fingerprint density at radius 3 is 2.60 bits per heavy atom. The topological polar surface area (TPSA) is 20.3 Å². The minimum absolute atomic E-state index is 0.128. The van der Waals surface area contributed by atoms with Gasteiger partial charge in [0, 0.05) is 17.1 Å². The molecule has 2 rings (SSSR count). The van der Waals surface area contributed by atoms with E-state index in [0.717, 1.165) is 21.7 Å². The van der Waals surface area contributed by atoms with E-state index in [4.69, 9.17) is 11.6 Å². The number of rotatable bonds is 5. The van der Waals surface area contributed by atoms with Gasteiger partial charge in [-0.15, -0.1) is 0 Å². The Balaban J connectivity index is 2.00. The lowest BCUT2D eigenvalue weighted by Crippen LogP contribution is -2.25. The van der Waals surface area contributed by atoms with Crippen LogP contribution in [0.15, 0.2) is 48.5 Å². The van der Waals surface area contributed by atoms with Gasteiger partial charge in [0.2, 0.25) is 0 Å². The highest BCUT2D eigenvalue weighted by Crippen LogP contribution is 2.16. The molecule has 0 heterocycles. The van der Waals surface area contributed by atoms with Crippen molar-refractivity contribution in [3.63, 3.8) is 0 Å². The van der Waals surface area contributed by atoms with Gasteiger partial charge in [0.05, 0.1) is 6.54 Å². The van der Waals surface area contributed by atoms with E-state index < -0.39 is 0 Å². The summed E-state index contributed by atoms with van der Waals surface area (Å²) in [5, 5.41) is 0.738. The van der Waals surface area contributed by atoms with Crippen LogP contribution in [-0.2, 0) is 6.54 Å². The second kappa shape index (κ2) is 6.69. The number of nitrogens with zero attached hydrogens (tertiary/aromatic N) is 1. The fourth-order valence-electron chi connectivity index (χ4n) is 2.13. The normalized spacial score (nSPS) is 10.8. The zero-order chi connectivity index (χ0) is 14.5. The van der Waals surface area contributed by atoms with E-state index in [0.29, 0.717) is 13.1 Å². The Morgan fingerprint density at radius 1 is 1.15 bits per heavy atom. The highest BCUT2D eigenvalue weighted by molar-refractivity contribution is 6.31. The summed E-state index contributed by atoms with van der Waals surface area (Å²) >= 11 is 6.13. The maximum absolute atomic E-state index is 12.2. The molecule has 0 amide bonds. The molecule has 0 fully saturated rings. The third-order valence-electron chi connectivity index (χ3n) is 3.15. The van der Waals surface area contributed by atoms with Crippen molar-refractivity contribution in [2.45, 2.75) is 13.5 Å². The van der Waals surface area contributed by atoms with Gasteiger partial charge in [0.25, 0.3) is 0 Å². The fourth-order valence-corrected chi connectivity index (χ4v) is 2.32. The Morgan fingerprint density at radius 2 is 1.90 bits per heavy atom. The van der Waals surface area contributed by atoms with E-state index in [9.17, 15) is 4.79 Å². The molecule has 0 aliphatic carbocycles.